The quantitative estimate of drug-likeness (QED) is 0.485. The maximum atomic E-state index is 12.1. The largest absolute Gasteiger partial charge is 0.618 e. The first-order valence-corrected chi connectivity index (χ1v) is 8.34. The molecule has 0 spiro atoms. The zero-order chi connectivity index (χ0) is 15.8. The standard InChI is InChI=1S/C17H20N2O2S/c1-2-8-15(14-9-4-3-5-10-14)18-16(20)13-22-17-11-6-7-12-19(17)21/h3-7,9-12,15H,2,8,13H2,1H3,(H,18,20)/t15-/m1/s1. The van der Waals surface area contributed by atoms with E-state index in [-0.39, 0.29) is 17.7 Å². The average Bonchev–Trinajstić information content (AvgIpc) is 2.54. The maximum Gasteiger partial charge on any atom is 0.251 e. The lowest BCUT2D eigenvalue weighted by Gasteiger charge is -2.18. The van der Waals surface area contributed by atoms with E-state index in [0.717, 1.165) is 23.1 Å². The third kappa shape index (κ3) is 4.77. The number of nitrogens with zero attached hydrogens (tertiary/aromatic N) is 1. The highest BCUT2D eigenvalue weighted by molar-refractivity contribution is 7.99. The zero-order valence-corrected chi connectivity index (χ0v) is 13.4. The van der Waals surface area contributed by atoms with Crippen LogP contribution in [0.15, 0.2) is 59.8 Å². The molecule has 0 saturated heterocycles. The molecule has 1 heterocycles. The third-order valence-corrected chi connectivity index (χ3v) is 4.27. The average molecular weight is 316 g/mol. The molecule has 2 aromatic rings. The molecule has 1 aromatic heterocycles. The van der Waals surface area contributed by atoms with Crippen LogP contribution in [0.5, 0.6) is 0 Å². The fourth-order valence-corrected chi connectivity index (χ4v) is 2.92. The predicted octanol–water partition coefficient (Wildman–Crippen LogP) is 3.07. The van der Waals surface area contributed by atoms with Gasteiger partial charge in [0, 0.05) is 12.1 Å². The van der Waals surface area contributed by atoms with Gasteiger partial charge in [-0.2, -0.15) is 4.73 Å². The van der Waals surface area contributed by atoms with Crippen molar-refractivity contribution in [3.05, 3.63) is 65.5 Å². The minimum Gasteiger partial charge on any atom is -0.618 e. The Balaban J connectivity index is 1.93. The number of hydrogen-bond acceptors (Lipinski definition) is 3. The topological polar surface area (TPSA) is 56.0 Å². The lowest BCUT2D eigenvalue weighted by molar-refractivity contribution is -0.645. The lowest BCUT2D eigenvalue weighted by atomic mass is 10.0. The number of pyridine rings is 1. The van der Waals surface area contributed by atoms with Crippen LogP contribution in [0.4, 0.5) is 0 Å². The van der Waals surface area contributed by atoms with Crippen LogP contribution in [-0.2, 0) is 4.79 Å². The number of aromatic nitrogens is 1. The van der Waals surface area contributed by atoms with Gasteiger partial charge in [0.05, 0.1) is 11.8 Å². The van der Waals surface area contributed by atoms with Crippen molar-refractivity contribution in [2.24, 2.45) is 0 Å². The van der Waals surface area contributed by atoms with E-state index in [2.05, 4.69) is 12.2 Å². The molecule has 0 radical (unpaired) electrons. The molecule has 0 aliphatic carbocycles. The van der Waals surface area contributed by atoms with E-state index in [4.69, 9.17) is 0 Å². The fourth-order valence-electron chi connectivity index (χ4n) is 2.20. The number of nitrogens with one attached hydrogen (secondary N) is 1. The van der Waals surface area contributed by atoms with Gasteiger partial charge in [-0.15, -0.1) is 0 Å². The lowest BCUT2D eigenvalue weighted by Crippen LogP contribution is -2.32. The molecule has 1 N–H and O–H groups in total. The van der Waals surface area contributed by atoms with Gasteiger partial charge in [0.1, 0.15) is 0 Å². The van der Waals surface area contributed by atoms with Crippen LogP contribution in [-0.4, -0.2) is 11.7 Å². The summed E-state index contributed by atoms with van der Waals surface area (Å²) in [6.07, 6.45) is 3.32. The number of carbonyl (C=O) groups excluding carboxylic acids is 1. The first kappa shape index (κ1) is 16.4. The predicted molar refractivity (Wildman–Crippen MR) is 88.4 cm³/mol. The van der Waals surface area contributed by atoms with Crippen LogP contribution < -0.4 is 10.0 Å². The summed E-state index contributed by atoms with van der Waals surface area (Å²) in [6.45, 7) is 2.10. The van der Waals surface area contributed by atoms with Gasteiger partial charge in [-0.25, -0.2) is 0 Å². The molecule has 0 unspecified atom stereocenters. The Bertz CT molecular complexity index is 605. The number of rotatable bonds is 7. The highest BCUT2D eigenvalue weighted by Gasteiger charge is 2.15. The molecule has 1 aromatic carbocycles. The minimum atomic E-state index is -0.0591. The normalized spacial score (nSPS) is 11.9. The second-order valence-electron chi connectivity index (χ2n) is 4.97. The van der Waals surface area contributed by atoms with Crippen molar-refractivity contribution in [1.29, 1.82) is 0 Å². The molecule has 0 aliphatic rings. The Morgan fingerprint density at radius 1 is 1.23 bits per heavy atom. The maximum absolute atomic E-state index is 12.1. The van der Waals surface area contributed by atoms with E-state index in [9.17, 15) is 10.0 Å². The number of benzene rings is 1. The summed E-state index contributed by atoms with van der Waals surface area (Å²) in [6, 6.07) is 15.2. The van der Waals surface area contributed by atoms with Crippen molar-refractivity contribution in [3.8, 4) is 0 Å². The Hall–Kier alpha value is -2.01. The van der Waals surface area contributed by atoms with Gasteiger partial charge in [0.15, 0.2) is 6.20 Å². The van der Waals surface area contributed by atoms with Gasteiger partial charge in [0.25, 0.3) is 5.03 Å². The Morgan fingerprint density at radius 2 is 1.95 bits per heavy atom. The SMILES string of the molecule is CCC[C@@H](NC(=O)CSc1cccc[n+]1[O-])c1ccccc1. The Kier molecular flexibility index (Phi) is 6.27. The van der Waals surface area contributed by atoms with Gasteiger partial charge in [-0.05, 0) is 29.8 Å². The van der Waals surface area contributed by atoms with Crippen molar-refractivity contribution in [2.75, 3.05) is 5.75 Å². The zero-order valence-electron chi connectivity index (χ0n) is 12.6. The van der Waals surface area contributed by atoms with Crippen molar-refractivity contribution in [2.45, 2.75) is 30.8 Å². The van der Waals surface area contributed by atoms with Gasteiger partial charge in [-0.3, -0.25) is 4.79 Å². The molecule has 116 valence electrons. The molecule has 4 nitrogen and oxygen atoms in total. The van der Waals surface area contributed by atoms with Crippen molar-refractivity contribution in [1.82, 2.24) is 5.32 Å². The molecular formula is C17H20N2O2S. The van der Waals surface area contributed by atoms with Crippen molar-refractivity contribution in [3.63, 3.8) is 0 Å². The molecule has 5 heteroatoms. The molecule has 1 atom stereocenters. The van der Waals surface area contributed by atoms with Crippen LogP contribution in [0.2, 0.25) is 0 Å². The van der Waals surface area contributed by atoms with Crippen LogP contribution in [0, 0.1) is 5.21 Å². The van der Waals surface area contributed by atoms with Crippen LogP contribution in [0.25, 0.3) is 0 Å². The summed E-state index contributed by atoms with van der Waals surface area (Å²) in [5, 5.41) is 15.1. The molecule has 0 saturated carbocycles. The van der Waals surface area contributed by atoms with Crippen LogP contribution >= 0.6 is 11.8 Å². The van der Waals surface area contributed by atoms with Gasteiger partial charge in [-0.1, -0.05) is 43.7 Å². The van der Waals surface area contributed by atoms with E-state index in [1.54, 1.807) is 18.2 Å². The summed E-state index contributed by atoms with van der Waals surface area (Å²) in [5.74, 6) is 0.176. The molecule has 0 aliphatic heterocycles. The number of carbonyl (C=O) groups is 1. The summed E-state index contributed by atoms with van der Waals surface area (Å²) in [7, 11) is 0. The van der Waals surface area contributed by atoms with Gasteiger partial charge in [0.2, 0.25) is 5.91 Å². The van der Waals surface area contributed by atoms with Gasteiger partial charge >= 0.3 is 0 Å². The van der Waals surface area contributed by atoms with Gasteiger partial charge < -0.3 is 10.5 Å². The Labute approximate surface area is 135 Å². The third-order valence-electron chi connectivity index (χ3n) is 3.25. The fraction of sp³-hybridized carbons (Fsp3) is 0.294. The second kappa shape index (κ2) is 8.44. The van der Waals surface area contributed by atoms with E-state index in [0.29, 0.717) is 5.03 Å². The van der Waals surface area contributed by atoms with E-state index < -0.39 is 0 Å². The molecule has 22 heavy (non-hydrogen) atoms. The monoisotopic (exact) mass is 316 g/mol. The second-order valence-corrected chi connectivity index (χ2v) is 5.97. The van der Waals surface area contributed by atoms with E-state index in [1.165, 1.54) is 18.0 Å². The molecule has 2 rings (SSSR count). The highest BCUT2D eigenvalue weighted by Crippen LogP contribution is 2.19. The Morgan fingerprint density at radius 3 is 2.64 bits per heavy atom. The molecule has 0 fully saturated rings. The molecule has 0 bridgehead atoms. The summed E-state index contributed by atoms with van der Waals surface area (Å²) < 4.78 is 0.776. The van der Waals surface area contributed by atoms with E-state index >= 15 is 0 Å². The number of thioether (sulfide) groups is 1. The minimum absolute atomic E-state index is 0.0226. The smallest absolute Gasteiger partial charge is 0.251 e. The molecule has 1 amide bonds. The first-order valence-electron chi connectivity index (χ1n) is 7.36. The van der Waals surface area contributed by atoms with Crippen LogP contribution in [0.1, 0.15) is 31.4 Å². The number of amides is 1. The highest BCUT2D eigenvalue weighted by atomic mass is 32.2. The summed E-state index contributed by atoms with van der Waals surface area (Å²) in [4.78, 5) is 12.1. The van der Waals surface area contributed by atoms with Crippen molar-refractivity contribution >= 4 is 17.7 Å². The summed E-state index contributed by atoms with van der Waals surface area (Å²) >= 11 is 1.25. The first-order chi connectivity index (χ1) is 10.7. The van der Waals surface area contributed by atoms with Crippen LogP contribution in [0.3, 0.4) is 0 Å². The number of hydrogen-bond donors (Lipinski definition) is 1. The molecular weight excluding hydrogens is 296 g/mol. The van der Waals surface area contributed by atoms with Crippen molar-refractivity contribution < 1.29 is 9.52 Å². The summed E-state index contributed by atoms with van der Waals surface area (Å²) in [5.41, 5.74) is 1.11. The van der Waals surface area contributed by atoms with E-state index in [1.807, 2.05) is 30.3 Å².